The average molecular weight is 301 g/mol. The van der Waals surface area contributed by atoms with Gasteiger partial charge >= 0.3 is 5.97 Å². The first kappa shape index (κ1) is 15.1. The van der Waals surface area contributed by atoms with Gasteiger partial charge in [-0.05, 0) is 30.4 Å². The molecule has 7 heteroatoms. The largest absolute Gasteiger partial charge is 0.475 e. The maximum Gasteiger partial charge on any atom is 0.371 e. The number of furan rings is 1. The number of carboxylic acids is 1. The van der Waals surface area contributed by atoms with E-state index in [9.17, 15) is 13.2 Å². The first-order valence-electron chi connectivity index (χ1n) is 6.62. The highest BCUT2D eigenvalue weighted by molar-refractivity contribution is 7.89. The minimum Gasteiger partial charge on any atom is -0.475 e. The van der Waals surface area contributed by atoms with Crippen molar-refractivity contribution in [2.45, 2.75) is 38.2 Å². The van der Waals surface area contributed by atoms with Crippen LogP contribution in [0.15, 0.2) is 21.6 Å². The predicted molar refractivity (Wildman–Crippen MR) is 72.1 cm³/mol. The zero-order valence-electron chi connectivity index (χ0n) is 11.6. The molecule has 0 aliphatic carbocycles. The summed E-state index contributed by atoms with van der Waals surface area (Å²) in [6.07, 6.45) is 2.62. The van der Waals surface area contributed by atoms with Crippen LogP contribution >= 0.6 is 0 Å². The molecule has 0 atom stereocenters. The van der Waals surface area contributed by atoms with E-state index < -0.39 is 16.0 Å². The molecule has 1 aliphatic rings. The maximum absolute atomic E-state index is 12.4. The van der Waals surface area contributed by atoms with E-state index in [1.165, 1.54) is 10.4 Å². The molecule has 6 nitrogen and oxygen atoms in total. The summed E-state index contributed by atoms with van der Waals surface area (Å²) in [5, 5.41) is 8.48. The second kappa shape index (κ2) is 5.21. The molecule has 1 fully saturated rings. The number of carbonyl (C=O) groups is 1. The van der Waals surface area contributed by atoms with Crippen LogP contribution in [-0.4, -0.2) is 36.9 Å². The molecule has 2 rings (SSSR count). The predicted octanol–water partition coefficient (Wildman–Crippen LogP) is 2.18. The number of piperidine rings is 1. The number of aromatic carboxylic acids is 1. The number of nitrogens with zero attached hydrogens (tertiary/aromatic N) is 1. The standard InChI is InChI=1S/C13H19NO5S/c1-3-13(2)6-8-14(9-7-13)20(17,18)11-5-4-10(19-11)12(15)16/h4-5H,3,6-9H2,1-2H3,(H,15,16). The lowest BCUT2D eigenvalue weighted by atomic mass is 9.79. The molecule has 1 aliphatic heterocycles. The van der Waals surface area contributed by atoms with Crippen LogP contribution in [0.4, 0.5) is 0 Å². The fourth-order valence-corrected chi connectivity index (χ4v) is 3.67. The summed E-state index contributed by atoms with van der Waals surface area (Å²) in [7, 11) is -3.73. The Balaban J connectivity index is 2.17. The number of hydrogen-bond donors (Lipinski definition) is 1. The molecular formula is C13H19NO5S. The summed E-state index contributed by atoms with van der Waals surface area (Å²) in [6.45, 7) is 5.15. The van der Waals surface area contributed by atoms with E-state index in [0.29, 0.717) is 13.1 Å². The third kappa shape index (κ3) is 2.73. The summed E-state index contributed by atoms with van der Waals surface area (Å²) in [6, 6.07) is 2.36. The minimum absolute atomic E-state index is 0.182. The van der Waals surface area contributed by atoms with Gasteiger partial charge in [0.1, 0.15) is 0 Å². The van der Waals surface area contributed by atoms with Gasteiger partial charge in [-0.25, -0.2) is 13.2 Å². The van der Waals surface area contributed by atoms with Crippen LogP contribution in [0.25, 0.3) is 0 Å². The van der Waals surface area contributed by atoms with E-state index >= 15 is 0 Å². The highest BCUT2D eigenvalue weighted by Gasteiger charge is 2.36. The van der Waals surface area contributed by atoms with Crippen LogP contribution in [0.3, 0.4) is 0 Å². The number of sulfonamides is 1. The van der Waals surface area contributed by atoms with Crippen molar-refractivity contribution in [3.8, 4) is 0 Å². The van der Waals surface area contributed by atoms with Crippen LogP contribution in [0, 0.1) is 5.41 Å². The van der Waals surface area contributed by atoms with Gasteiger partial charge in [0, 0.05) is 13.1 Å². The van der Waals surface area contributed by atoms with Crippen molar-refractivity contribution in [3.05, 3.63) is 17.9 Å². The van der Waals surface area contributed by atoms with Crippen molar-refractivity contribution in [3.63, 3.8) is 0 Å². The lowest BCUT2D eigenvalue weighted by Gasteiger charge is -2.37. The molecule has 1 aromatic heterocycles. The second-order valence-corrected chi connectivity index (χ2v) is 7.36. The first-order valence-corrected chi connectivity index (χ1v) is 8.06. The molecule has 0 aromatic carbocycles. The fraction of sp³-hybridized carbons (Fsp3) is 0.615. The third-order valence-electron chi connectivity index (χ3n) is 4.17. The maximum atomic E-state index is 12.4. The molecule has 2 heterocycles. The van der Waals surface area contributed by atoms with Gasteiger partial charge in [0.15, 0.2) is 0 Å². The Hall–Kier alpha value is -1.34. The lowest BCUT2D eigenvalue weighted by molar-refractivity contribution is 0.0656. The molecule has 112 valence electrons. The number of hydrogen-bond acceptors (Lipinski definition) is 4. The van der Waals surface area contributed by atoms with Gasteiger partial charge < -0.3 is 9.52 Å². The molecule has 0 amide bonds. The summed E-state index contributed by atoms with van der Waals surface area (Å²) in [5.74, 6) is -1.64. The second-order valence-electron chi connectivity index (χ2n) is 5.49. The highest BCUT2D eigenvalue weighted by Crippen LogP contribution is 2.35. The molecule has 1 saturated heterocycles. The van der Waals surface area contributed by atoms with Gasteiger partial charge in [0.2, 0.25) is 10.9 Å². The fourth-order valence-electron chi connectivity index (χ4n) is 2.32. The van der Waals surface area contributed by atoms with Crippen LogP contribution in [0.5, 0.6) is 0 Å². The van der Waals surface area contributed by atoms with E-state index in [2.05, 4.69) is 13.8 Å². The quantitative estimate of drug-likeness (QED) is 0.921. The zero-order chi connectivity index (χ0) is 15.0. The Kier molecular flexibility index (Phi) is 3.93. The van der Waals surface area contributed by atoms with Gasteiger partial charge in [-0.15, -0.1) is 0 Å². The summed E-state index contributed by atoms with van der Waals surface area (Å²) in [4.78, 5) is 10.7. The van der Waals surface area contributed by atoms with E-state index in [-0.39, 0.29) is 16.3 Å². The molecule has 20 heavy (non-hydrogen) atoms. The van der Waals surface area contributed by atoms with Crippen molar-refractivity contribution in [2.24, 2.45) is 5.41 Å². The topological polar surface area (TPSA) is 87.8 Å². The van der Waals surface area contributed by atoms with Gasteiger partial charge in [0.05, 0.1) is 0 Å². The molecule has 0 radical (unpaired) electrons. The lowest BCUT2D eigenvalue weighted by Crippen LogP contribution is -2.41. The van der Waals surface area contributed by atoms with Crippen LogP contribution in [0.1, 0.15) is 43.7 Å². The van der Waals surface area contributed by atoms with Crippen molar-refractivity contribution in [1.82, 2.24) is 4.31 Å². The van der Waals surface area contributed by atoms with Gasteiger partial charge in [-0.2, -0.15) is 4.31 Å². The van der Waals surface area contributed by atoms with Crippen molar-refractivity contribution in [1.29, 1.82) is 0 Å². The van der Waals surface area contributed by atoms with E-state index in [0.717, 1.165) is 25.3 Å². The summed E-state index contributed by atoms with van der Waals surface area (Å²) < 4.78 is 31.0. The minimum atomic E-state index is -3.73. The van der Waals surface area contributed by atoms with E-state index in [1.807, 2.05) is 0 Å². The van der Waals surface area contributed by atoms with Gasteiger partial charge in [-0.3, -0.25) is 0 Å². The Morgan fingerprint density at radius 1 is 1.40 bits per heavy atom. The van der Waals surface area contributed by atoms with Gasteiger partial charge in [-0.1, -0.05) is 20.3 Å². The van der Waals surface area contributed by atoms with Crippen molar-refractivity contribution in [2.75, 3.05) is 13.1 Å². The number of carboxylic acid groups (broad SMARTS) is 1. The van der Waals surface area contributed by atoms with E-state index in [1.54, 1.807) is 0 Å². The van der Waals surface area contributed by atoms with Crippen molar-refractivity contribution >= 4 is 16.0 Å². The summed E-state index contributed by atoms with van der Waals surface area (Å²) >= 11 is 0. The van der Waals surface area contributed by atoms with Crippen LogP contribution in [0.2, 0.25) is 0 Å². The normalized spacial score (nSPS) is 19.9. The molecule has 1 aromatic rings. The molecule has 0 saturated carbocycles. The third-order valence-corrected chi connectivity index (χ3v) is 5.94. The van der Waals surface area contributed by atoms with Crippen molar-refractivity contribution < 1.29 is 22.7 Å². The van der Waals surface area contributed by atoms with E-state index in [4.69, 9.17) is 9.52 Å². The summed E-state index contributed by atoms with van der Waals surface area (Å²) in [5.41, 5.74) is 0.182. The number of rotatable bonds is 4. The molecule has 0 spiro atoms. The monoisotopic (exact) mass is 301 g/mol. The smallest absolute Gasteiger partial charge is 0.371 e. The Bertz CT molecular complexity index is 596. The molecule has 0 bridgehead atoms. The van der Waals surface area contributed by atoms with Crippen LogP contribution in [-0.2, 0) is 10.0 Å². The highest BCUT2D eigenvalue weighted by atomic mass is 32.2. The Labute approximate surface area is 118 Å². The Morgan fingerprint density at radius 2 is 2.00 bits per heavy atom. The Morgan fingerprint density at radius 3 is 2.45 bits per heavy atom. The van der Waals surface area contributed by atoms with Crippen LogP contribution < -0.4 is 0 Å². The molecular weight excluding hydrogens is 282 g/mol. The van der Waals surface area contributed by atoms with Gasteiger partial charge in [0.25, 0.3) is 10.0 Å². The zero-order valence-corrected chi connectivity index (χ0v) is 12.4. The average Bonchev–Trinajstić information content (AvgIpc) is 2.90. The SMILES string of the molecule is CCC1(C)CCN(S(=O)(=O)c2ccc(C(=O)O)o2)CC1. The molecule has 1 N–H and O–H groups in total. The molecule has 0 unspecified atom stereocenters. The first-order chi connectivity index (χ1) is 9.28.